The number of rotatable bonds is 11. The molecule has 35 heavy (non-hydrogen) atoms. The monoisotopic (exact) mass is 477 g/mol. The molecule has 0 aliphatic rings. The molecule has 2 aromatic carbocycles. The standard InChI is InChI=1S/C28H35N3O4/c1-28(2,3)35-26(32)25(30-23-14-16-24(17-15-23)31-19-9-10-20-31)13-7-8-18-29-27(33)34-21-22-11-5-4-6-12-22/h4-6,9-12,14-17,19-20,25,30H,7-8,13,18,21H2,1-3H3,(H,29,33)/t25-/m0/s1. The van der Waals surface area contributed by atoms with Gasteiger partial charge in [0.1, 0.15) is 18.2 Å². The SMILES string of the molecule is CC(C)(C)OC(=O)[C@H](CCCCNC(=O)OCc1ccccc1)Nc1ccc(-n2cccc2)cc1. The molecule has 0 saturated heterocycles. The summed E-state index contributed by atoms with van der Waals surface area (Å²) in [7, 11) is 0. The van der Waals surface area contributed by atoms with Crippen LogP contribution in [-0.2, 0) is 20.9 Å². The van der Waals surface area contributed by atoms with Crippen LogP contribution in [0, 0.1) is 0 Å². The summed E-state index contributed by atoms with van der Waals surface area (Å²) in [5.41, 5.74) is 2.26. The molecule has 0 fully saturated rings. The summed E-state index contributed by atoms with van der Waals surface area (Å²) in [5, 5.41) is 6.08. The van der Waals surface area contributed by atoms with E-state index in [1.807, 2.05) is 104 Å². The van der Waals surface area contributed by atoms with E-state index in [4.69, 9.17) is 9.47 Å². The lowest BCUT2D eigenvalue weighted by molar-refractivity contribution is -0.156. The van der Waals surface area contributed by atoms with Crippen molar-refractivity contribution >= 4 is 17.7 Å². The van der Waals surface area contributed by atoms with E-state index in [1.54, 1.807) is 0 Å². The maximum Gasteiger partial charge on any atom is 0.407 e. The van der Waals surface area contributed by atoms with Gasteiger partial charge in [-0.05, 0) is 82.0 Å². The van der Waals surface area contributed by atoms with Gasteiger partial charge in [-0.25, -0.2) is 9.59 Å². The molecule has 7 nitrogen and oxygen atoms in total. The first-order valence-corrected chi connectivity index (χ1v) is 12.0. The van der Waals surface area contributed by atoms with Gasteiger partial charge in [-0.15, -0.1) is 0 Å². The minimum Gasteiger partial charge on any atom is -0.458 e. The molecule has 0 spiro atoms. The molecule has 0 bridgehead atoms. The number of benzene rings is 2. The van der Waals surface area contributed by atoms with Gasteiger partial charge < -0.3 is 24.7 Å². The van der Waals surface area contributed by atoms with E-state index in [2.05, 4.69) is 10.6 Å². The Labute approximate surface area is 207 Å². The molecule has 0 aliphatic carbocycles. The van der Waals surface area contributed by atoms with Gasteiger partial charge in [-0.2, -0.15) is 0 Å². The lowest BCUT2D eigenvalue weighted by Gasteiger charge is -2.25. The van der Waals surface area contributed by atoms with Crippen LogP contribution >= 0.6 is 0 Å². The minimum atomic E-state index is -0.570. The van der Waals surface area contributed by atoms with Crippen molar-refractivity contribution in [1.82, 2.24) is 9.88 Å². The summed E-state index contributed by atoms with van der Waals surface area (Å²) in [6, 6.07) is 20.9. The Morgan fingerprint density at radius 2 is 1.60 bits per heavy atom. The zero-order valence-corrected chi connectivity index (χ0v) is 20.7. The number of aromatic nitrogens is 1. The molecule has 186 valence electrons. The molecule has 1 amide bonds. The smallest absolute Gasteiger partial charge is 0.407 e. The Kier molecular flexibility index (Phi) is 9.35. The predicted molar refractivity (Wildman–Crippen MR) is 138 cm³/mol. The first-order valence-electron chi connectivity index (χ1n) is 12.0. The van der Waals surface area contributed by atoms with Gasteiger partial charge in [0.05, 0.1) is 0 Å². The Hall–Kier alpha value is -3.74. The average molecular weight is 478 g/mol. The highest BCUT2D eigenvalue weighted by molar-refractivity contribution is 5.79. The van der Waals surface area contributed by atoms with E-state index in [0.717, 1.165) is 23.4 Å². The van der Waals surface area contributed by atoms with Gasteiger partial charge in [-0.3, -0.25) is 0 Å². The van der Waals surface area contributed by atoms with Crippen LogP contribution in [0.2, 0.25) is 0 Å². The first kappa shape index (κ1) is 25.9. The third kappa shape index (κ3) is 9.20. The highest BCUT2D eigenvalue weighted by atomic mass is 16.6. The predicted octanol–water partition coefficient (Wildman–Crippen LogP) is 5.70. The fraction of sp³-hybridized carbons (Fsp3) is 0.357. The second-order valence-corrected chi connectivity index (χ2v) is 9.35. The molecule has 3 rings (SSSR count). The number of carbonyl (C=O) groups excluding carboxylic acids is 2. The third-order valence-corrected chi connectivity index (χ3v) is 5.20. The second kappa shape index (κ2) is 12.6. The quantitative estimate of drug-likeness (QED) is 0.274. The van der Waals surface area contributed by atoms with Crippen LogP contribution in [-0.4, -0.2) is 34.8 Å². The van der Waals surface area contributed by atoms with E-state index in [0.29, 0.717) is 19.4 Å². The molecular formula is C28H35N3O4. The Morgan fingerprint density at radius 3 is 2.26 bits per heavy atom. The number of anilines is 1. The number of esters is 1. The van der Waals surface area contributed by atoms with Gasteiger partial charge >= 0.3 is 12.1 Å². The van der Waals surface area contributed by atoms with Crippen molar-refractivity contribution in [2.45, 2.75) is 58.3 Å². The number of carbonyl (C=O) groups is 2. The maximum absolute atomic E-state index is 12.8. The fourth-order valence-corrected chi connectivity index (χ4v) is 3.50. The maximum atomic E-state index is 12.8. The van der Waals surface area contributed by atoms with Crippen molar-refractivity contribution in [2.75, 3.05) is 11.9 Å². The summed E-state index contributed by atoms with van der Waals surface area (Å²) in [6.07, 6.45) is 5.55. The number of hydrogen-bond donors (Lipinski definition) is 2. The molecule has 3 aromatic rings. The molecule has 0 aliphatic heterocycles. The van der Waals surface area contributed by atoms with Crippen LogP contribution in [0.15, 0.2) is 79.1 Å². The van der Waals surface area contributed by atoms with Gasteiger partial charge in [0, 0.05) is 30.3 Å². The molecule has 1 atom stereocenters. The van der Waals surface area contributed by atoms with E-state index in [-0.39, 0.29) is 12.6 Å². The second-order valence-electron chi connectivity index (χ2n) is 9.35. The number of unbranched alkanes of at least 4 members (excludes halogenated alkanes) is 1. The zero-order valence-electron chi connectivity index (χ0n) is 20.7. The molecule has 1 aromatic heterocycles. The molecule has 2 N–H and O–H groups in total. The van der Waals surface area contributed by atoms with Crippen LogP contribution in [0.1, 0.15) is 45.6 Å². The number of alkyl carbamates (subject to hydrolysis) is 1. The topological polar surface area (TPSA) is 81.6 Å². The summed E-state index contributed by atoms with van der Waals surface area (Å²) in [6.45, 7) is 6.29. The van der Waals surface area contributed by atoms with Crippen molar-refractivity contribution in [2.24, 2.45) is 0 Å². The molecule has 0 saturated carbocycles. The molecule has 0 unspecified atom stereocenters. The number of hydrogen-bond acceptors (Lipinski definition) is 5. The van der Waals surface area contributed by atoms with Gasteiger partial charge in [0.2, 0.25) is 0 Å². The number of nitrogens with one attached hydrogen (secondary N) is 2. The van der Waals surface area contributed by atoms with Crippen molar-refractivity contribution in [1.29, 1.82) is 0 Å². The summed E-state index contributed by atoms with van der Waals surface area (Å²) >= 11 is 0. The number of nitrogens with zero attached hydrogens (tertiary/aromatic N) is 1. The van der Waals surface area contributed by atoms with E-state index < -0.39 is 17.7 Å². The van der Waals surface area contributed by atoms with Gasteiger partial charge in [0.15, 0.2) is 0 Å². The Balaban J connectivity index is 1.46. The molecular weight excluding hydrogens is 442 g/mol. The van der Waals surface area contributed by atoms with Crippen molar-refractivity contribution in [3.63, 3.8) is 0 Å². The van der Waals surface area contributed by atoms with Crippen molar-refractivity contribution in [3.05, 3.63) is 84.7 Å². The van der Waals surface area contributed by atoms with Gasteiger partial charge in [-0.1, -0.05) is 30.3 Å². The highest BCUT2D eigenvalue weighted by Gasteiger charge is 2.25. The normalized spacial score (nSPS) is 12.0. The van der Waals surface area contributed by atoms with E-state index >= 15 is 0 Å². The largest absolute Gasteiger partial charge is 0.458 e. The van der Waals surface area contributed by atoms with Crippen LogP contribution < -0.4 is 10.6 Å². The third-order valence-electron chi connectivity index (χ3n) is 5.20. The highest BCUT2D eigenvalue weighted by Crippen LogP contribution is 2.18. The van der Waals surface area contributed by atoms with Gasteiger partial charge in [0.25, 0.3) is 0 Å². The molecule has 1 heterocycles. The minimum absolute atomic E-state index is 0.237. The fourth-order valence-electron chi connectivity index (χ4n) is 3.50. The van der Waals surface area contributed by atoms with E-state index in [1.165, 1.54) is 0 Å². The van der Waals surface area contributed by atoms with Crippen LogP contribution in [0.5, 0.6) is 0 Å². The zero-order chi connectivity index (χ0) is 25.1. The van der Waals surface area contributed by atoms with Crippen LogP contribution in [0.3, 0.4) is 0 Å². The van der Waals surface area contributed by atoms with Crippen molar-refractivity contribution < 1.29 is 19.1 Å². The summed E-state index contributed by atoms with van der Waals surface area (Å²) in [5.74, 6) is -0.290. The lowest BCUT2D eigenvalue weighted by Crippen LogP contribution is -2.36. The molecule has 7 heteroatoms. The van der Waals surface area contributed by atoms with E-state index in [9.17, 15) is 9.59 Å². The van der Waals surface area contributed by atoms with Crippen LogP contribution in [0.4, 0.5) is 10.5 Å². The number of amides is 1. The van der Waals surface area contributed by atoms with Crippen molar-refractivity contribution in [3.8, 4) is 5.69 Å². The van der Waals surface area contributed by atoms with Crippen LogP contribution in [0.25, 0.3) is 5.69 Å². The first-order chi connectivity index (χ1) is 16.8. The number of ether oxygens (including phenoxy) is 2. The summed E-state index contributed by atoms with van der Waals surface area (Å²) in [4.78, 5) is 24.7. The average Bonchev–Trinajstić information content (AvgIpc) is 3.37. The lowest BCUT2D eigenvalue weighted by atomic mass is 10.1. The molecule has 0 radical (unpaired) electrons. The summed E-state index contributed by atoms with van der Waals surface area (Å²) < 4.78 is 12.9. The Morgan fingerprint density at radius 1 is 0.914 bits per heavy atom. The Bertz CT molecular complexity index is 1040.